The molecule has 0 aliphatic rings. The fraction of sp³-hybridized carbons (Fsp3) is 0. The molecule has 0 atom stereocenters. The average Bonchev–Trinajstić information content (AvgIpc) is 2.14. The second kappa shape index (κ2) is 2.33. The van der Waals surface area contributed by atoms with Crippen molar-refractivity contribution in [3.05, 3.63) is 18.3 Å². The normalized spacial score (nSPS) is 9.29. The summed E-state index contributed by atoms with van der Waals surface area (Å²) >= 11 is 3.96. The van der Waals surface area contributed by atoms with Crippen LogP contribution in [0.25, 0.3) is 0 Å². The molecule has 1 aromatic heterocycles. The van der Waals surface area contributed by atoms with Crippen LogP contribution in [0.2, 0.25) is 0 Å². The van der Waals surface area contributed by atoms with Crippen molar-refractivity contribution in [2.24, 2.45) is 0 Å². The van der Waals surface area contributed by atoms with E-state index < -0.39 is 0 Å². The topological polar surface area (TPSA) is 15.8 Å². The highest BCUT2D eigenvalue weighted by Gasteiger charge is 1.82. The van der Waals surface area contributed by atoms with E-state index in [2.05, 4.69) is 16.6 Å². The van der Waals surface area contributed by atoms with E-state index in [1.165, 1.54) is 10.8 Å². The number of thiol groups is 1. The molecule has 1 nitrogen and oxygen atoms in total. The molecule has 0 aromatic carbocycles. The molecule has 0 saturated carbocycles. The molecular formula is C4H5NS2. The van der Waals surface area contributed by atoms with Crippen LogP contribution in [0.3, 0.4) is 0 Å². The molecule has 1 aromatic rings. The lowest BCUT2D eigenvalue weighted by atomic mass is 10.7. The van der Waals surface area contributed by atoms with E-state index in [1.54, 1.807) is 0 Å². The Balaban J connectivity index is 2.76. The van der Waals surface area contributed by atoms with Gasteiger partial charge in [0.25, 0.3) is 0 Å². The van der Waals surface area contributed by atoms with Crippen molar-refractivity contribution >= 4 is 22.5 Å². The first-order chi connectivity index (χ1) is 3.43. The van der Waals surface area contributed by atoms with Crippen molar-refractivity contribution in [3.63, 3.8) is 0 Å². The Labute approximate surface area is 51.3 Å². The van der Waals surface area contributed by atoms with Gasteiger partial charge in [-0.05, 0) is 22.9 Å². The third-order valence-electron chi connectivity index (χ3n) is 0.668. The summed E-state index contributed by atoms with van der Waals surface area (Å²) in [5, 5.41) is 1.09. The van der Waals surface area contributed by atoms with Gasteiger partial charge in [0.15, 0.2) is 0 Å². The fourth-order valence-corrected chi connectivity index (χ4v) is 0.972. The number of aromatic nitrogens is 1. The predicted octanol–water partition coefficient (Wildman–Crippen LogP) is 1.95. The summed E-state index contributed by atoms with van der Waals surface area (Å²) in [7, 11) is 1.41. The van der Waals surface area contributed by atoms with E-state index in [1.807, 2.05) is 18.3 Å². The molecule has 0 fully saturated rings. The molecule has 0 unspecified atom stereocenters. The molecule has 0 bridgehead atoms. The summed E-state index contributed by atoms with van der Waals surface area (Å²) < 4.78 is 0. The van der Waals surface area contributed by atoms with E-state index in [-0.39, 0.29) is 0 Å². The van der Waals surface area contributed by atoms with Crippen molar-refractivity contribution in [3.8, 4) is 0 Å². The van der Waals surface area contributed by atoms with Gasteiger partial charge in [0, 0.05) is 6.20 Å². The zero-order chi connectivity index (χ0) is 5.11. The van der Waals surface area contributed by atoms with Crippen LogP contribution in [0.4, 0.5) is 0 Å². The maximum absolute atomic E-state index is 3.96. The zero-order valence-corrected chi connectivity index (χ0v) is 5.30. The molecule has 38 valence electrons. The van der Waals surface area contributed by atoms with Gasteiger partial charge in [0.05, 0.1) is 5.03 Å². The summed E-state index contributed by atoms with van der Waals surface area (Å²) in [5.74, 6) is 0. The third-order valence-corrected chi connectivity index (χ3v) is 1.71. The Morgan fingerprint density at radius 2 is 2.57 bits per heavy atom. The second-order valence-electron chi connectivity index (χ2n) is 1.13. The quantitative estimate of drug-likeness (QED) is 0.439. The lowest BCUT2D eigenvalue weighted by molar-refractivity contribution is 1.21. The molecule has 0 aliphatic heterocycles. The van der Waals surface area contributed by atoms with Crippen LogP contribution in [0.1, 0.15) is 0 Å². The van der Waals surface area contributed by atoms with Crippen LogP contribution >= 0.6 is 22.5 Å². The van der Waals surface area contributed by atoms with Crippen molar-refractivity contribution in [2.45, 2.75) is 5.03 Å². The number of nitrogens with one attached hydrogen (secondary N) is 1. The van der Waals surface area contributed by atoms with E-state index in [0.29, 0.717) is 0 Å². The minimum atomic E-state index is 1.09. The number of H-pyrrole nitrogens is 1. The van der Waals surface area contributed by atoms with E-state index in [9.17, 15) is 0 Å². The first kappa shape index (κ1) is 5.12. The van der Waals surface area contributed by atoms with Crippen molar-refractivity contribution < 1.29 is 0 Å². The average molecular weight is 131 g/mol. The molecule has 0 spiro atoms. The second-order valence-corrected chi connectivity index (χ2v) is 2.30. The lowest BCUT2D eigenvalue weighted by Gasteiger charge is -1.79. The smallest absolute Gasteiger partial charge is 0.0826 e. The van der Waals surface area contributed by atoms with Crippen molar-refractivity contribution in [1.29, 1.82) is 0 Å². The number of aromatic amines is 1. The first-order valence-electron chi connectivity index (χ1n) is 1.88. The van der Waals surface area contributed by atoms with E-state index in [0.717, 1.165) is 5.03 Å². The fourth-order valence-electron chi connectivity index (χ4n) is 0.371. The van der Waals surface area contributed by atoms with Crippen molar-refractivity contribution in [2.75, 3.05) is 0 Å². The highest BCUT2D eigenvalue weighted by atomic mass is 33.1. The van der Waals surface area contributed by atoms with Gasteiger partial charge in [-0.3, -0.25) is 0 Å². The number of rotatable bonds is 1. The SMILES string of the molecule is SSc1ccc[nH]1. The van der Waals surface area contributed by atoms with Gasteiger partial charge < -0.3 is 4.98 Å². The van der Waals surface area contributed by atoms with Gasteiger partial charge in [0.1, 0.15) is 0 Å². The Bertz CT molecular complexity index is 124. The molecule has 0 radical (unpaired) electrons. The number of hydrogen-bond acceptors (Lipinski definition) is 2. The molecule has 1 N–H and O–H groups in total. The van der Waals surface area contributed by atoms with Gasteiger partial charge in [0.2, 0.25) is 0 Å². The number of hydrogen-bond donors (Lipinski definition) is 2. The zero-order valence-electron chi connectivity index (χ0n) is 3.59. The van der Waals surface area contributed by atoms with Gasteiger partial charge in [-0.25, -0.2) is 0 Å². The van der Waals surface area contributed by atoms with Crippen LogP contribution in [-0.4, -0.2) is 4.98 Å². The van der Waals surface area contributed by atoms with Gasteiger partial charge >= 0.3 is 0 Å². The molecular weight excluding hydrogens is 126 g/mol. The molecule has 1 rings (SSSR count). The molecule has 1 heterocycles. The summed E-state index contributed by atoms with van der Waals surface area (Å²) in [5.41, 5.74) is 0. The van der Waals surface area contributed by atoms with E-state index in [4.69, 9.17) is 0 Å². The summed E-state index contributed by atoms with van der Waals surface area (Å²) in [4.78, 5) is 2.97. The minimum Gasteiger partial charge on any atom is -0.356 e. The largest absolute Gasteiger partial charge is 0.356 e. The summed E-state index contributed by atoms with van der Waals surface area (Å²) in [6.07, 6.45) is 1.87. The van der Waals surface area contributed by atoms with Crippen LogP contribution in [-0.2, 0) is 0 Å². The molecule has 0 aliphatic carbocycles. The minimum absolute atomic E-state index is 1.09. The third kappa shape index (κ3) is 1.17. The van der Waals surface area contributed by atoms with E-state index >= 15 is 0 Å². The predicted molar refractivity (Wildman–Crippen MR) is 35.6 cm³/mol. The van der Waals surface area contributed by atoms with Crippen LogP contribution in [0, 0.1) is 0 Å². The Morgan fingerprint density at radius 1 is 1.71 bits per heavy atom. The highest BCUT2D eigenvalue weighted by molar-refractivity contribution is 8.68. The Morgan fingerprint density at radius 3 is 2.86 bits per heavy atom. The molecule has 0 saturated heterocycles. The van der Waals surface area contributed by atoms with Crippen LogP contribution in [0.5, 0.6) is 0 Å². The highest BCUT2D eigenvalue weighted by Crippen LogP contribution is 2.17. The standard InChI is InChI=1S/C4H5NS2/c6-7-4-2-1-3-5-4/h1-3,5-6H. The lowest BCUT2D eigenvalue weighted by Crippen LogP contribution is -1.56. The summed E-state index contributed by atoms with van der Waals surface area (Å²) in [6, 6.07) is 3.91. The monoisotopic (exact) mass is 131 g/mol. The van der Waals surface area contributed by atoms with Crippen molar-refractivity contribution in [1.82, 2.24) is 4.98 Å². The first-order valence-corrected chi connectivity index (χ1v) is 3.75. The summed E-state index contributed by atoms with van der Waals surface area (Å²) in [6.45, 7) is 0. The molecule has 0 amide bonds. The molecule has 3 heteroatoms. The van der Waals surface area contributed by atoms with Gasteiger partial charge in [-0.2, -0.15) is 0 Å². The Hall–Kier alpha value is -0.0200. The van der Waals surface area contributed by atoms with Gasteiger partial charge in [-0.1, -0.05) is 0 Å². The van der Waals surface area contributed by atoms with Gasteiger partial charge in [-0.15, -0.1) is 11.7 Å². The maximum atomic E-state index is 3.96. The van der Waals surface area contributed by atoms with Crippen LogP contribution in [0.15, 0.2) is 23.4 Å². The molecule has 7 heavy (non-hydrogen) atoms. The van der Waals surface area contributed by atoms with Crippen LogP contribution < -0.4 is 0 Å². The Kier molecular flexibility index (Phi) is 1.70. The maximum Gasteiger partial charge on any atom is 0.0826 e.